The normalized spacial score (nSPS) is 9.72. The van der Waals surface area contributed by atoms with Gasteiger partial charge in [-0.1, -0.05) is 22.9 Å². The summed E-state index contributed by atoms with van der Waals surface area (Å²) in [7, 11) is 0. The molecule has 0 spiro atoms. The van der Waals surface area contributed by atoms with E-state index >= 15 is 0 Å². The number of rotatable bonds is 7. The predicted octanol–water partition coefficient (Wildman–Crippen LogP) is 3.74. The third-order valence-corrected chi connectivity index (χ3v) is 2.90. The molecule has 0 aromatic heterocycles. The highest BCUT2D eigenvalue weighted by molar-refractivity contribution is 9.10. The molecule has 1 rings (SSSR count). The lowest BCUT2D eigenvalue weighted by Crippen LogP contribution is -2.15. The third-order valence-electron chi connectivity index (χ3n) is 2.40. The molecule has 0 heterocycles. The third kappa shape index (κ3) is 5.57. The lowest BCUT2D eigenvalue weighted by molar-refractivity contribution is 0.313. The number of hydrogen-bond donors (Lipinski definition) is 1. The minimum absolute atomic E-state index is 0.760. The molecule has 3 heteroatoms. The maximum absolute atomic E-state index is 5.73. The molecule has 0 aliphatic rings. The van der Waals surface area contributed by atoms with E-state index in [1.165, 1.54) is 5.56 Å². The van der Waals surface area contributed by atoms with Crippen molar-refractivity contribution in [1.29, 1.82) is 0 Å². The van der Waals surface area contributed by atoms with E-state index < -0.39 is 0 Å². The van der Waals surface area contributed by atoms with Crippen LogP contribution in [0.4, 0.5) is 0 Å². The molecular weight excluding hydrogens is 290 g/mol. The quantitative estimate of drug-likeness (QED) is 0.612. The molecular formula is C15H20BrNO. The Hall–Kier alpha value is -0.980. The van der Waals surface area contributed by atoms with Gasteiger partial charge in [-0.15, -0.1) is 11.8 Å². The summed E-state index contributed by atoms with van der Waals surface area (Å²) in [5.41, 5.74) is 1.18. The van der Waals surface area contributed by atoms with E-state index in [1.807, 2.05) is 19.1 Å². The highest BCUT2D eigenvalue weighted by Crippen LogP contribution is 2.23. The van der Waals surface area contributed by atoms with Gasteiger partial charge in [-0.05, 0) is 31.5 Å². The summed E-state index contributed by atoms with van der Waals surface area (Å²) in [4.78, 5) is 0. The molecule has 1 aromatic rings. The molecule has 0 radical (unpaired) electrons. The van der Waals surface area contributed by atoms with Crippen molar-refractivity contribution in [3.05, 3.63) is 28.2 Å². The molecule has 0 fully saturated rings. The van der Waals surface area contributed by atoms with Gasteiger partial charge in [-0.3, -0.25) is 0 Å². The maximum Gasteiger partial charge on any atom is 0.123 e. The average Bonchev–Trinajstić information content (AvgIpc) is 2.37. The van der Waals surface area contributed by atoms with Gasteiger partial charge in [0.15, 0.2) is 0 Å². The van der Waals surface area contributed by atoms with E-state index in [1.54, 1.807) is 0 Å². The van der Waals surface area contributed by atoms with Crippen LogP contribution in [0.5, 0.6) is 5.75 Å². The zero-order valence-corrected chi connectivity index (χ0v) is 12.6. The molecule has 0 aliphatic heterocycles. The molecule has 98 valence electrons. The number of ether oxygens (including phenoxy) is 1. The Bertz CT molecular complexity index is 420. The second-order valence-corrected chi connectivity index (χ2v) is 4.87. The molecule has 2 nitrogen and oxygen atoms in total. The van der Waals surface area contributed by atoms with Crippen molar-refractivity contribution in [1.82, 2.24) is 5.32 Å². The molecule has 0 bridgehead atoms. The van der Waals surface area contributed by atoms with Gasteiger partial charge in [0.1, 0.15) is 5.75 Å². The van der Waals surface area contributed by atoms with Crippen LogP contribution >= 0.6 is 15.9 Å². The molecule has 18 heavy (non-hydrogen) atoms. The van der Waals surface area contributed by atoms with E-state index in [0.29, 0.717) is 0 Å². The fourth-order valence-corrected chi connectivity index (χ4v) is 1.95. The summed E-state index contributed by atoms with van der Waals surface area (Å²) in [6.45, 7) is 6.45. The van der Waals surface area contributed by atoms with Crippen LogP contribution in [0.25, 0.3) is 0 Å². The Balaban J connectivity index is 2.54. The van der Waals surface area contributed by atoms with Gasteiger partial charge in [0.25, 0.3) is 0 Å². The van der Waals surface area contributed by atoms with Crippen LogP contribution in [0.3, 0.4) is 0 Å². The molecule has 0 saturated carbocycles. The summed E-state index contributed by atoms with van der Waals surface area (Å²) >= 11 is 3.49. The molecule has 0 saturated heterocycles. The van der Waals surface area contributed by atoms with E-state index in [9.17, 15) is 0 Å². The van der Waals surface area contributed by atoms with Gasteiger partial charge in [-0.2, -0.15) is 0 Å². The number of nitrogens with one attached hydrogen (secondary N) is 1. The summed E-state index contributed by atoms with van der Waals surface area (Å²) in [5, 5.41) is 3.38. The van der Waals surface area contributed by atoms with Crippen LogP contribution in [-0.4, -0.2) is 13.2 Å². The number of halogens is 1. The van der Waals surface area contributed by atoms with Crippen LogP contribution < -0.4 is 10.1 Å². The van der Waals surface area contributed by atoms with Crippen molar-refractivity contribution in [2.45, 2.75) is 33.2 Å². The molecule has 0 unspecified atom stereocenters. The summed E-state index contributed by atoms with van der Waals surface area (Å²) in [5.74, 6) is 6.90. The maximum atomic E-state index is 5.73. The van der Waals surface area contributed by atoms with Crippen LogP contribution in [0.15, 0.2) is 22.7 Å². The first-order valence-corrected chi connectivity index (χ1v) is 7.08. The molecule has 1 N–H and O–H groups in total. The lowest BCUT2D eigenvalue weighted by Gasteiger charge is -2.12. The van der Waals surface area contributed by atoms with Crippen molar-refractivity contribution in [3.63, 3.8) is 0 Å². The first-order chi connectivity index (χ1) is 8.77. The Morgan fingerprint density at radius 1 is 1.39 bits per heavy atom. The van der Waals surface area contributed by atoms with Crippen molar-refractivity contribution < 1.29 is 4.74 Å². The van der Waals surface area contributed by atoms with Crippen molar-refractivity contribution in [2.75, 3.05) is 13.2 Å². The minimum Gasteiger partial charge on any atom is -0.493 e. The van der Waals surface area contributed by atoms with Gasteiger partial charge >= 0.3 is 0 Å². The van der Waals surface area contributed by atoms with Crippen LogP contribution in [0.1, 0.15) is 32.3 Å². The first kappa shape index (κ1) is 15.1. The molecule has 0 atom stereocenters. The van der Waals surface area contributed by atoms with E-state index in [4.69, 9.17) is 4.74 Å². The molecule has 0 aliphatic carbocycles. The summed E-state index contributed by atoms with van der Waals surface area (Å²) < 4.78 is 6.81. The van der Waals surface area contributed by atoms with Gasteiger partial charge in [-0.25, -0.2) is 0 Å². The second-order valence-electron chi connectivity index (χ2n) is 3.95. The fraction of sp³-hybridized carbons (Fsp3) is 0.467. The Morgan fingerprint density at radius 3 is 2.94 bits per heavy atom. The zero-order chi connectivity index (χ0) is 13.2. The Labute approximate surface area is 118 Å². The lowest BCUT2D eigenvalue weighted by atomic mass is 10.2. The summed E-state index contributed by atoms with van der Waals surface area (Å²) in [6, 6.07) is 6.13. The first-order valence-electron chi connectivity index (χ1n) is 6.29. The van der Waals surface area contributed by atoms with Crippen molar-refractivity contribution in [2.24, 2.45) is 0 Å². The van der Waals surface area contributed by atoms with Crippen molar-refractivity contribution in [3.8, 4) is 17.6 Å². The Kier molecular flexibility index (Phi) is 7.55. The molecule has 1 aromatic carbocycles. The fourth-order valence-electron chi connectivity index (χ4n) is 1.54. The smallest absolute Gasteiger partial charge is 0.123 e. The molecule has 0 amide bonds. The van der Waals surface area contributed by atoms with E-state index in [2.05, 4.69) is 46.1 Å². The monoisotopic (exact) mass is 309 g/mol. The summed E-state index contributed by atoms with van der Waals surface area (Å²) in [6.07, 6.45) is 1.91. The van der Waals surface area contributed by atoms with E-state index in [-0.39, 0.29) is 0 Å². The number of hydrogen-bond acceptors (Lipinski definition) is 2. The van der Waals surface area contributed by atoms with Gasteiger partial charge in [0, 0.05) is 29.5 Å². The van der Waals surface area contributed by atoms with Gasteiger partial charge < -0.3 is 10.1 Å². The SMILES string of the molecule is CC#CCCNCc1cc(Br)ccc1OCCC. The topological polar surface area (TPSA) is 21.3 Å². The van der Waals surface area contributed by atoms with Crippen molar-refractivity contribution >= 4 is 15.9 Å². The highest BCUT2D eigenvalue weighted by atomic mass is 79.9. The zero-order valence-electron chi connectivity index (χ0n) is 11.1. The second kappa shape index (κ2) is 9.02. The standard InChI is InChI=1S/C15H20BrNO/c1-3-5-6-9-17-12-13-11-14(16)7-8-15(13)18-10-4-2/h7-8,11,17H,4,6,9-10,12H2,1-2H3. The van der Waals surface area contributed by atoms with Crippen LogP contribution in [0.2, 0.25) is 0 Å². The highest BCUT2D eigenvalue weighted by Gasteiger charge is 2.04. The van der Waals surface area contributed by atoms with Gasteiger partial charge in [0.2, 0.25) is 0 Å². The largest absolute Gasteiger partial charge is 0.493 e. The van der Waals surface area contributed by atoms with E-state index in [0.717, 1.165) is 42.8 Å². The van der Waals surface area contributed by atoms with Crippen LogP contribution in [-0.2, 0) is 6.54 Å². The minimum atomic E-state index is 0.760. The Morgan fingerprint density at radius 2 is 2.22 bits per heavy atom. The van der Waals surface area contributed by atoms with Gasteiger partial charge in [0.05, 0.1) is 6.61 Å². The predicted molar refractivity (Wildman–Crippen MR) is 79.7 cm³/mol. The van der Waals surface area contributed by atoms with Crippen LogP contribution in [0, 0.1) is 11.8 Å². The average molecular weight is 310 g/mol. The number of benzene rings is 1.